The van der Waals surface area contributed by atoms with Crippen LogP contribution >= 0.6 is 0 Å². The molecule has 3 nitrogen and oxygen atoms in total. The summed E-state index contributed by atoms with van der Waals surface area (Å²) < 4.78 is 0. The molecule has 0 aromatic carbocycles. The number of ketones is 2. The van der Waals surface area contributed by atoms with Gasteiger partial charge >= 0.3 is 0 Å². The average molecular weight is 368 g/mol. The SMILES string of the molecule is C[C@]12C(C3[C]=CCC3)=CCCC1CC(=O)[C@@H]1[C@H]2CC[C@]2(C)C(O)C(=O)C[C@@H]12. The van der Waals surface area contributed by atoms with E-state index in [1.54, 1.807) is 0 Å². The summed E-state index contributed by atoms with van der Waals surface area (Å²) in [6.07, 6.45) is 14.7. The molecule has 5 rings (SSSR count). The minimum Gasteiger partial charge on any atom is -0.385 e. The highest BCUT2D eigenvalue weighted by molar-refractivity contribution is 5.90. The second-order valence-corrected chi connectivity index (χ2v) is 10.2. The van der Waals surface area contributed by atoms with E-state index in [1.165, 1.54) is 5.57 Å². The fourth-order valence-electron chi connectivity index (χ4n) is 7.77. The van der Waals surface area contributed by atoms with Crippen molar-refractivity contribution >= 4 is 11.6 Å². The van der Waals surface area contributed by atoms with Gasteiger partial charge in [0.2, 0.25) is 0 Å². The summed E-state index contributed by atoms with van der Waals surface area (Å²) in [4.78, 5) is 25.7. The molecule has 0 aromatic heterocycles. The van der Waals surface area contributed by atoms with Crippen LogP contribution in [-0.2, 0) is 9.59 Å². The van der Waals surface area contributed by atoms with Crippen LogP contribution in [0.1, 0.15) is 65.2 Å². The van der Waals surface area contributed by atoms with Crippen molar-refractivity contribution in [1.82, 2.24) is 0 Å². The molecule has 5 aliphatic carbocycles. The quantitative estimate of drug-likeness (QED) is 0.711. The van der Waals surface area contributed by atoms with Gasteiger partial charge in [0.15, 0.2) is 5.78 Å². The zero-order valence-corrected chi connectivity index (χ0v) is 16.5. The lowest BCUT2D eigenvalue weighted by Crippen LogP contribution is -2.57. The maximum Gasteiger partial charge on any atom is 0.162 e. The number of aliphatic hydroxyl groups is 1. The molecule has 1 radical (unpaired) electrons. The van der Waals surface area contributed by atoms with Crippen LogP contribution in [0.5, 0.6) is 0 Å². The van der Waals surface area contributed by atoms with E-state index in [1.807, 2.05) is 0 Å². The molecule has 145 valence electrons. The van der Waals surface area contributed by atoms with Crippen LogP contribution in [0, 0.1) is 46.5 Å². The van der Waals surface area contributed by atoms with Gasteiger partial charge in [-0.3, -0.25) is 9.59 Å². The van der Waals surface area contributed by atoms with Gasteiger partial charge in [-0.1, -0.05) is 31.6 Å². The Morgan fingerprint density at radius 2 is 1.85 bits per heavy atom. The molecule has 0 aliphatic heterocycles. The smallest absolute Gasteiger partial charge is 0.162 e. The molecule has 5 aliphatic rings. The van der Waals surface area contributed by atoms with Crippen LogP contribution in [0.25, 0.3) is 0 Å². The highest BCUT2D eigenvalue weighted by Gasteiger charge is 2.65. The Morgan fingerprint density at radius 3 is 2.59 bits per heavy atom. The number of rotatable bonds is 1. The average Bonchev–Trinajstić information content (AvgIpc) is 3.24. The van der Waals surface area contributed by atoms with Crippen molar-refractivity contribution in [3.05, 3.63) is 23.8 Å². The number of aliphatic hydroxyl groups excluding tert-OH is 1. The summed E-state index contributed by atoms with van der Waals surface area (Å²) in [5.41, 5.74) is 1.17. The Labute approximate surface area is 162 Å². The number of Topliss-reactive ketones (excluding diaryl/α,β-unsaturated/α-hetero) is 2. The van der Waals surface area contributed by atoms with Crippen LogP contribution in [0.3, 0.4) is 0 Å². The number of hydrogen-bond donors (Lipinski definition) is 1. The molecule has 0 spiro atoms. The van der Waals surface area contributed by atoms with Gasteiger partial charge in [0.1, 0.15) is 11.9 Å². The molecule has 3 saturated carbocycles. The minimum absolute atomic E-state index is 0.0234. The Balaban J connectivity index is 1.57. The summed E-state index contributed by atoms with van der Waals surface area (Å²) in [7, 11) is 0. The van der Waals surface area contributed by atoms with Gasteiger partial charge in [-0.25, -0.2) is 0 Å². The summed E-state index contributed by atoms with van der Waals surface area (Å²) in [6, 6.07) is 0. The summed E-state index contributed by atoms with van der Waals surface area (Å²) in [5, 5.41) is 10.6. The van der Waals surface area contributed by atoms with Crippen molar-refractivity contribution in [3.8, 4) is 0 Å². The minimum atomic E-state index is -0.880. The van der Waals surface area contributed by atoms with E-state index in [0.717, 1.165) is 38.5 Å². The Hall–Kier alpha value is -1.22. The highest BCUT2D eigenvalue weighted by atomic mass is 16.3. The molecular formula is C24H31O3. The fourth-order valence-corrected chi connectivity index (χ4v) is 7.77. The topological polar surface area (TPSA) is 54.4 Å². The van der Waals surface area contributed by atoms with Crippen LogP contribution < -0.4 is 0 Å². The first-order valence-corrected chi connectivity index (χ1v) is 10.9. The van der Waals surface area contributed by atoms with Crippen molar-refractivity contribution in [3.63, 3.8) is 0 Å². The third-order valence-corrected chi connectivity index (χ3v) is 9.29. The number of allylic oxidation sites excluding steroid dienone is 4. The maximum absolute atomic E-state index is 13.3. The van der Waals surface area contributed by atoms with Crippen LogP contribution in [-0.4, -0.2) is 22.8 Å². The largest absolute Gasteiger partial charge is 0.385 e. The molecule has 3 unspecified atom stereocenters. The van der Waals surface area contributed by atoms with Gasteiger partial charge in [0, 0.05) is 30.1 Å². The van der Waals surface area contributed by atoms with Gasteiger partial charge in [0.25, 0.3) is 0 Å². The van der Waals surface area contributed by atoms with Crippen molar-refractivity contribution in [1.29, 1.82) is 0 Å². The van der Waals surface area contributed by atoms with Crippen molar-refractivity contribution in [2.75, 3.05) is 0 Å². The lowest BCUT2D eigenvalue weighted by molar-refractivity contribution is -0.152. The van der Waals surface area contributed by atoms with Crippen molar-refractivity contribution < 1.29 is 14.7 Å². The number of carbonyl (C=O) groups excluding carboxylic acids is 2. The monoisotopic (exact) mass is 367 g/mol. The van der Waals surface area contributed by atoms with Crippen molar-refractivity contribution in [2.45, 2.75) is 71.3 Å². The van der Waals surface area contributed by atoms with Gasteiger partial charge in [-0.15, -0.1) is 0 Å². The molecule has 0 bridgehead atoms. The second-order valence-electron chi connectivity index (χ2n) is 10.2. The Morgan fingerprint density at radius 1 is 1.04 bits per heavy atom. The first-order valence-electron chi connectivity index (χ1n) is 10.9. The molecule has 3 heteroatoms. The normalized spacial score (nSPS) is 51.6. The summed E-state index contributed by atoms with van der Waals surface area (Å²) in [5.74, 6) is 1.44. The predicted molar refractivity (Wildman–Crippen MR) is 103 cm³/mol. The number of hydrogen-bond acceptors (Lipinski definition) is 3. The Kier molecular flexibility index (Phi) is 3.89. The van der Waals surface area contributed by atoms with E-state index in [2.05, 4.69) is 32.1 Å². The molecule has 27 heavy (non-hydrogen) atoms. The van der Waals surface area contributed by atoms with Gasteiger partial charge in [0.05, 0.1) is 0 Å². The molecular weight excluding hydrogens is 336 g/mol. The van der Waals surface area contributed by atoms with E-state index >= 15 is 0 Å². The molecule has 3 fully saturated rings. The zero-order chi connectivity index (χ0) is 19.0. The zero-order valence-electron chi connectivity index (χ0n) is 16.5. The molecule has 1 N–H and O–H groups in total. The van der Waals surface area contributed by atoms with E-state index in [4.69, 9.17) is 0 Å². The Bertz CT molecular complexity index is 749. The molecule has 0 amide bonds. The molecule has 0 saturated heterocycles. The third-order valence-electron chi connectivity index (χ3n) is 9.29. The van der Waals surface area contributed by atoms with Crippen LogP contribution in [0.4, 0.5) is 0 Å². The number of carbonyl (C=O) groups is 2. The van der Waals surface area contributed by atoms with Gasteiger partial charge in [-0.05, 0) is 67.8 Å². The maximum atomic E-state index is 13.3. The molecule has 8 atom stereocenters. The van der Waals surface area contributed by atoms with Crippen molar-refractivity contribution in [2.24, 2.45) is 40.4 Å². The first-order chi connectivity index (χ1) is 12.9. The molecule has 0 aromatic rings. The van der Waals surface area contributed by atoms with Crippen LogP contribution in [0.15, 0.2) is 17.7 Å². The standard InChI is InChI=1S/C24H31O3/c1-23-11-10-17-21(18(23)13-20(26)22(23)27)19(25)12-15-8-5-9-16(24(15,17)2)14-6-3-4-7-14/h3,9,14-15,17-18,21-22,27H,4-5,7-8,10-13H2,1-2H3/t14?,15?,17-,18+,21-,22?,23+,24-/m1/s1. The third kappa shape index (κ3) is 2.24. The van der Waals surface area contributed by atoms with E-state index in [-0.39, 0.29) is 23.0 Å². The lowest BCUT2D eigenvalue weighted by Gasteiger charge is -2.60. The molecule has 0 heterocycles. The number of fused-ring (bicyclic) bond motifs is 5. The van der Waals surface area contributed by atoms with Crippen LogP contribution in [0.2, 0.25) is 0 Å². The van der Waals surface area contributed by atoms with E-state index < -0.39 is 11.5 Å². The highest BCUT2D eigenvalue weighted by Crippen LogP contribution is 2.66. The van der Waals surface area contributed by atoms with Gasteiger partial charge < -0.3 is 5.11 Å². The van der Waals surface area contributed by atoms with Gasteiger partial charge in [-0.2, -0.15) is 0 Å². The lowest BCUT2D eigenvalue weighted by atomic mass is 9.43. The summed E-state index contributed by atoms with van der Waals surface area (Å²) in [6.45, 7) is 4.47. The first kappa shape index (κ1) is 17.8. The fraction of sp³-hybridized carbons (Fsp3) is 0.750. The van der Waals surface area contributed by atoms with E-state index in [0.29, 0.717) is 36.4 Å². The summed E-state index contributed by atoms with van der Waals surface area (Å²) >= 11 is 0. The predicted octanol–water partition coefficient (Wildman–Crippen LogP) is 4.05. The second kappa shape index (κ2) is 5.89. The van der Waals surface area contributed by atoms with E-state index in [9.17, 15) is 14.7 Å².